The van der Waals surface area contributed by atoms with Crippen molar-refractivity contribution in [2.24, 2.45) is 0 Å². The number of aliphatic hydroxyl groups is 1. The van der Waals surface area contributed by atoms with Crippen LogP contribution in [0.25, 0.3) is 0 Å². The van der Waals surface area contributed by atoms with Crippen LogP contribution in [0.1, 0.15) is 68.2 Å². The highest BCUT2D eigenvalue weighted by molar-refractivity contribution is 5.30. The first-order valence-electron chi connectivity index (χ1n) is 9.79. The lowest BCUT2D eigenvalue weighted by atomic mass is 9.89. The molecule has 1 aromatic rings. The molecule has 0 bridgehead atoms. The van der Waals surface area contributed by atoms with Gasteiger partial charge in [-0.2, -0.15) is 0 Å². The van der Waals surface area contributed by atoms with Gasteiger partial charge in [-0.25, -0.2) is 0 Å². The molecule has 3 unspecified atom stereocenters. The maximum Gasteiger partial charge on any atom is 0.0695 e. The van der Waals surface area contributed by atoms with E-state index < -0.39 is 0 Å². The van der Waals surface area contributed by atoms with Crippen molar-refractivity contribution in [3.8, 4) is 0 Å². The minimum absolute atomic E-state index is 0.0996. The van der Waals surface area contributed by atoms with E-state index in [9.17, 15) is 5.11 Å². The first-order chi connectivity index (χ1) is 11.5. The molecule has 134 valence electrons. The summed E-state index contributed by atoms with van der Waals surface area (Å²) in [5.74, 6) is 0. The van der Waals surface area contributed by atoms with Crippen molar-refractivity contribution in [1.82, 2.24) is 10.2 Å². The van der Waals surface area contributed by atoms with Gasteiger partial charge in [0.25, 0.3) is 0 Å². The lowest BCUT2D eigenvalue weighted by molar-refractivity contribution is 0.00671. The zero-order chi connectivity index (χ0) is 17.1. The number of aliphatic hydroxyl groups excluding tert-OH is 1. The number of hydrogen-bond acceptors (Lipinski definition) is 3. The quantitative estimate of drug-likeness (QED) is 0.883. The third-order valence-corrected chi connectivity index (χ3v) is 5.92. The van der Waals surface area contributed by atoms with Crippen LogP contribution in [-0.2, 0) is 0 Å². The molecule has 1 saturated heterocycles. The minimum atomic E-state index is -0.0996. The van der Waals surface area contributed by atoms with Gasteiger partial charge in [0.05, 0.1) is 6.10 Å². The number of hydrogen-bond donors (Lipinski definition) is 2. The van der Waals surface area contributed by atoms with Crippen LogP contribution in [0, 0.1) is 13.8 Å². The summed E-state index contributed by atoms with van der Waals surface area (Å²) in [6.07, 6.45) is 6.94. The SMILES string of the molecule is Cc1cc(C)cc(C(C)NC2CCN(C3CCCCC3O)CC2)c1. The van der Waals surface area contributed by atoms with Crippen molar-refractivity contribution in [2.75, 3.05) is 13.1 Å². The molecule has 0 amide bonds. The van der Waals surface area contributed by atoms with E-state index in [1.165, 1.54) is 48.8 Å². The van der Waals surface area contributed by atoms with Crippen molar-refractivity contribution >= 4 is 0 Å². The van der Waals surface area contributed by atoms with Gasteiger partial charge in [-0.1, -0.05) is 42.2 Å². The Kier molecular flexibility index (Phi) is 5.96. The summed E-state index contributed by atoms with van der Waals surface area (Å²) in [5, 5.41) is 14.1. The van der Waals surface area contributed by atoms with Crippen molar-refractivity contribution < 1.29 is 5.11 Å². The van der Waals surface area contributed by atoms with Gasteiger partial charge in [-0.15, -0.1) is 0 Å². The largest absolute Gasteiger partial charge is 0.391 e. The Bertz CT molecular complexity index is 516. The van der Waals surface area contributed by atoms with Crippen LogP contribution < -0.4 is 5.32 Å². The third kappa shape index (κ3) is 4.38. The van der Waals surface area contributed by atoms with E-state index in [0.717, 1.165) is 19.5 Å². The number of benzene rings is 1. The van der Waals surface area contributed by atoms with Gasteiger partial charge in [-0.3, -0.25) is 4.90 Å². The Hall–Kier alpha value is -0.900. The second-order valence-corrected chi connectivity index (χ2v) is 8.04. The van der Waals surface area contributed by atoms with Crippen LogP contribution in [0.3, 0.4) is 0 Å². The van der Waals surface area contributed by atoms with Gasteiger partial charge >= 0.3 is 0 Å². The fourth-order valence-corrected chi connectivity index (χ4v) is 4.63. The highest BCUT2D eigenvalue weighted by Gasteiger charge is 2.31. The Morgan fingerprint density at radius 3 is 2.25 bits per heavy atom. The molecule has 1 aliphatic carbocycles. The second kappa shape index (κ2) is 7.99. The standard InChI is InChI=1S/C21H34N2O/c1-15-12-16(2)14-18(13-15)17(3)22-19-8-10-23(11-9-19)20-6-4-5-7-21(20)24/h12-14,17,19-22,24H,4-11H2,1-3H3. The predicted octanol–water partition coefficient (Wildman–Crippen LogP) is 3.72. The van der Waals surface area contributed by atoms with E-state index in [0.29, 0.717) is 18.1 Å². The summed E-state index contributed by atoms with van der Waals surface area (Å²) in [6.45, 7) is 8.89. The first kappa shape index (κ1) is 17.9. The zero-order valence-corrected chi connectivity index (χ0v) is 15.6. The van der Waals surface area contributed by atoms with Gasteiger partial charge in [-0.05, 0) is 52.0 Å². The topological polar surface area (TPSA) is 35.5 Å². The molecule has 2 fully saturated rings. The third-order valence-electron chi connectivity index (χ3n) is 5.92. The summed E-state index contributed by atoms with van der Waals surface area (Å²) in [6, 6.07) is 8.26. The molecule has 0 aromatic heterocycles. The molecule has 0 spiro atoms. The molecular weight excluding hydrogens is 296 g/mol. The second-order valence-electron chi connectivity index (χ2n) is 8.04. The van der Waals surface area contributed by atoms with E-state index in [1.54, 1.807) is 0 Å². The van der Waals surface area contributed by atoms with E-state index in [1.807, 2.05) is 0 Å². The summed E-state index contributed by atoms with van der Waals surface area (Å²) >= 11 is 0. The summed E-state index contributed by atoms with van der Waals surface area (Å²) < 4.78 is 0. The maximum absolute atomic E-state index is 10.3. The fraction of sp³-hybridized carbons (Fsp3) is 0.714. The first-order valence-corrected chi connectivity index (χ1v) is 9.79. The Labute approximate surface area is 147 Å². The lowest BCUT2D eigenvalue weighted by Crippen LogP contribution is -2.51. The average molecular weight is 331 g/mol. The van der Waals surface area contributed by atoms with Crippen molar-refractivity contribution in [3.05, 3.63) is 34.9 Å². The molecule has 1 aliphatic heterocycles. The maximum atomic E-state index is 10.3. The van der Waals surface area contributed by atoms with Crippen LogP contribution in [0.15, 0.2) is 18.2 Å². The number of nitrogens with zero attached hydrogens (tertiary/aromatic N) is 1. The van der Waals surface area contributed by atoms with Crippen LogP contribution in [0.2, 0.25) is 0 Å². The molecule has 0 radical (unpaired) electrons. The fourth-order valence-electron chi connectivity index (χ4n) is 4.63. The highest BCUT2D eigenvalue weighted by atomic mass is 16.3. The van der Waals surface area contributed by atoms with Crippen molar-refractivity contribution in [3.63, 3.8) is 0 Å². The monoisotopic (exact) mass is 330 g/mol. The summed E-state index contributed by atoms with van der Waals surface area (Å²) in [4.78, 5) is 2.55. The zero-order valence-electron chi connectivity index (χ0n) is 15.6. The van der Waals surface area contributed by atoms with Gasteiger partial charge in [0.2, 0.25) is 0 Å². The molecule has 3 heteroatoms. The lowest BCUT2D eigenvalue weighted by Gasteiger charge is -2.42. The molecule has 3 rings (SSSR count). The summed E-state index contributed by atoms with van der Waals surface area (Å²) in [7, 11) is 0. The van der Waals surface area contributed by atoms with Crippen LogP contribution in [0.5, 0.6) is 0 Å². The van der Waals surface area contributed by atoms with E-state index in [2.05, 4.69) is 49.2 Å². The number of nitrogens with one attached hydrogen (secondary N) is 1. The molecule has 2 aliphatic rings. The Morgan fingerprint density at radius 1 is 1.00 bits per heavy atom. The number of aryl methyl sites for hydroxylation is 2. The number of rotatable bonds is 4. The van der Waals surface area contributed by atoms with Crippen LogP contribution in [-0.4, -0.2) is 41.3 Å². The molecule has 3 nitrogen and oxygen atoms in total. The van der Waals surface area contributed by atoms with Gasteiger partial charge in [0.15, 0.2) is 0 Å². The van der Waals surface area contributed by atoms with Gasteiger partial charge in [0.1, 0.15) is 0 Å². The number of piperidine rings is 1. The average Bonchev–Trinajstić information content (AvgIpc) is 2.55. The predicted molar refractivity (Wildman–Crippen MR) is 100 cm³/mol. The summed E-state index contributed by atoms with van der Waals surface area (Å²) in [5.41, 5.74) is 4.09. The molecule has 2 N–H and O–H groups in total. The smallest absolute Gasteiger partial charge is 0.0695 e. The minimum Gasteiger partial charge on any atom is -0.391 e. The van der Waals surface area contributed by atoms with E-state index in [4.69, 9.17) is 0 Å². The van der Waals surface area contributed by atoms with Crippen molar-refractivity contribution in [2.45, 2.75) is 83.5 Å². The molecular formula is C21H34N2O. The molecule has 1 heterocycles. The molecule has 1 saturated carbocycles. The number of likely N-dealkylation sites (tertiary alicyclic amines) is 1. The van der Waals surface area contributed by atoms with Gasteiger partial charge in [0, 0.05) is 31.2 Å². The van der Waals surface area contributed by atoms with Crippen molar-refractivity contribution in [1.29, 1.82) is 0 Å². The normalized spacial score (nSPS) is 28.0. The van der Waals surface area contributed by atoms with Gasteiger partial charge < -0.3 is 10.4 Å². The Balaban J connectivity index is 1.51. The van der Waals surface area contributed by atoms with E-state index >= 15 is 0 Å². The van der Waals surface area contributed by atoms with Crippen LogP contribution >= 0.6 is 0 Å². The van der Waals surface area contributed by atoms with E-state index in [-0.39, 0.29) is 6.10 Å². The Morgan fingerprint density at radius 2 is 1.62 bits per heavy atom. The van der Waals surface area contributed by atoms with Crippen LogP contribution in [0.4, 0.5) is 0 Å². The molecule has 3 atom stereocenters. The molecule has 1 aromatic carbocycles. The molecule has 24 heavy (non-hydrogen) atoms. The highest BCUT2D eigenvalue weighted by Crippen LogP contribution is 2.27.